The number of carboxylic acid groups (broad SMARTS) is 1. The Labute approximate surface area is 76.0 Å². The molecular weight excluding hydrogens is 171 g/mol. The third-order valence-electron chi connectivity index (χ3n) is 2.03. The van der Waals surface area contributed by atoms with Gasteiger partial charge in [0.25, 0.3) is 6.71 Å². The van der Waals surface area contributed by atoms with Gasteiger partial charge < -0.3 is 10.0 Å². The van der Waals surface area contributed by atoms with E-state index < -0.39 is 5.97 Å². The second-order valence-corrected chi connectivity index (χ2v) is 3.03. The Morgan fingerprint density at radius 2 is 2.46 bits per heavy atom. The van der Waals surface area contributed by atoms with Crippen LogP contribution in [0.5, 0.6) is 0 Å². The zero-order valence-electron chi connectivity index (χ0n) is 7.06. The number of amides is 1. The summed E-state index contributed by atoms with van der Waals surface area (Å²) in [5.74, 6) is 0.767. The number of rotatable bonds is 2. The van der Waals surface area contributed by atoms with E-state index in [4.69, 9.17) is 10.4 Å². The number of hydrogen-bond donors (Lipinski definition) is 1. The highest BCUT2D eigenvalue weighted by molar-refractivity contribution is 6.70. The summed E-state index contributed by atoms with van der Waals surface area (Å²) in [6.07, 6.45) is 0.735. The SMILES string of the molecule is N#CB1CCN(CC(=O)O)C(=O)C1. The molecule has 1 fully saturated rings. The van der Waals surface area contributed by atoms with E-state index >= 15 is 0 Å². The van der Waals surface area contributed by atoms with Crippen molar-refractivity contribution in [2.45, 2.75) is 12.6 Å². The van der Waals surface area contributed by atoms with Gasteiger partial charge in [-0.25, -0.2) is 5.26 Å². The van der Waals surface area contributed by atoms with Crippen molar-refractivity contribution in [2.24, 2.45) is 0 Å². The van der Waals surface area contributed by atoms with Crippen LogP contribution in [0.25, 0.3) is 0 Å². The van der Waals surface area contributed by atoms with Crippen LogP contribution >= 0.6 is 0 Å². The van der Waals surface area contributed by atoms with Crippen molar-refractivity contribution in [3.63, 3.8) is 0 Å². The molecule has 0 aromatic heterocycles. The molecule has 0 unspecified atom stereocenters. The van der Waals surface area contributed by atoms with E-state index in [0.717, 1.165) is 0 Å². The van der Waals surface area contributed by atoms with Crippen LogP contribution in [-0.4, -0.2) is 41.7 Å². The van der Waals surface area contributed by atoms with Crippen molar-refractivity contribution in [1.82, 2.24) is 4.90 Å². The molecule has 0 aromatic carbocycles. The first-order chi connectivity index (χ1) is 6.13. The molecule has 1 N–H and O–H groups in total. The fraction of sp³-hybridized carbons (Fsp3) is 0.571. The average molecular weight is 180 g/mol. The Hall–Kier alpha value is -1.51. The highest BCUT2D eigenvalue weighted by atomic mass is 16.4. The first-order valence-electron chi connectivity index (χ1n) is 4.02. The Morgan fingerprint density at radius 3 is 2.92 bits per heavy atom. The van der Waals surface area contributed by atoms with Crippen LogP contribution in [0.15, 0.2) is 0 Å². The molecule has 68 valence electrons. The quantitative estimate of drug-likeness (QED) is 0.579. The molecule has 0 saturated carbocycles. The van der Waals surface area contributed by atoms with Crippen LogP contribution in [0.2, 0.25) is 12.6 Å². The number of nitrogens with zero attached hydrogens (tertiary/aromatic N) is 2. The van der Waals surface area contributed by atoms with Gasteiger partial charge in [0.2, 0.25) is 5.91 Å². The zero-order valence-corrected chi connectivity index (χ0v) is 7.06. The Balaban J connectivity index is 2.50. The van der Waals surface area contributed by atoms with Crippen LogP contribution in [0.3, 0.4) is 0 Å². The summed E-state index contributed by atoms with van der Waals surface area (Å²) in [6.45, 7) is -0.113. The summed E-state index contributed by atoms with van der Waals surface area (Å²) in [5.41, 5.74) is 0. The minimum absolute atomic E-state index is 0.157. The van der Waals surface area contributed by atoms with Crippen LogP contribution in [0.4, 0.5) is 0 Å². The van der Waals surface area contributed by atoms with Crippen molar-refractivity contribution in [1.29, 1.82) is 5.26 Å². The van der Waals surface area contributed by atoms with Gasteiger partial charge in [-0.05, 0) is 6.32 Å². The topological polar surface area (TPSA) is 81.4 Å². The Bertz CT molecular complexity index is 273. The molecule has 1 rings (SSSR count). The van der Waals surface area contributed by atoms with E-state index in [-0.39, 0.29) is 25.5 Å². The maximum atomic E-state index is 11.2. The van der Waals surface area contributed by atoms with Crippen LogP contribution in [0, 0.1) is 11.2 Å². The third-order valence-corrected chi connectivity index (χ3v) is 2.03. The molecule has 0 aliphatic carbocycles. The first-order valence-corrected chi connectivity index (χ1v) is 4.02. The molecule has 13 heavy (non-hydrogen) atoms. The molecule has 1 amide bonds. The molecule has 6 heteroatoms. The van der Waals surface area contributed by atoms with Crippen molar-refractivity contribution < 1.29 is 14.7 Å². The fourth-order valence-electron chi connectivity index (χ4n) is 1.32. The highest BCUT2D eigenvalue weighted by Crippen LogP contribution is 2.11. The van der Waals surface area contributed by atoms with Gasteiger partial charge in [-0.3, -0.25) is 9.59 Å². The predicted octanol–water partition coefficient (Wildman–Crippen LogP) is -0.529. The van der Waals surface area contributed by atoms with Gasteiger partial charge >= 0.3 is 5.97 Å². The summed E-state index contributed by atoms with van der Waals surface area (Å²) in [5, 5.41) is 17.0. The molecule has 5 nitrogen and oxygen atoms in total. The van der Waals surface area contributed by atoms with E-state index in [2.05, 4.69) is 0 Å². The molecule has 1 aliphatic rings. The second-order valence-electron chi connectivity index (χ2n) is 3.03. The van der Waals surface area contributed by atoms with E-state index in [1.54, 1.807) is 0 Å². The van der Waals surface area contributed by atoms with Gasteiger partial charge in [0.1, 0.15) is 6.54 Å². The maximum Gasteiger partial charge on any atom is 0.323 e. The summed E-state index contributed by atoms with van der Waals surface area (Å²) in [4.78, 5) is 22.8. The lowest BCUT2D eigenvalue weighted by Crippen LogP contribution is -2.43. The number of carboxylic acids is 1. The van der Waals surface area contributed by atoms with E-state index in [9.17, 15) is 9.59 Å². The van der Waals surface area contributed by atoms with Crippen molar-refractivity contribution in [3.8, 4) is 5.97 Å². The molecule has 0 spiro atoms. The molecule has 0 radical (unpaired) electrons. The van der Waals surface area contributed by atoms with Gasteiger partial charge in [0.15, 0.2) is 0 Å². The minimum atomic E-state index is -1.01. The fourth-order valence-corrected chi connectivity index (χ4v) is 1.32. The van der Waals surface area contributed by atoms with E-state index in [1.807, 2.05) is 5.97 Å². The molecule has 0 aromatic rings. The molecule has 0 atom stereocenters. The number of carbonyl (C=O) groups is 2. The standard InChI is InChI=1S/C7H9BN2O3/c9-5-8-1-2-10(4-7(12)13)6(11)3-8/h1-4H2,(H,12,13). The van der Waals surface area contributed by atoms with Gasteiger partial charge in [-0.1, -0.05) is 0 Å². The number of hydrogen-bond acceptors (Lipinski definition) is 3. The maximum absolute atomic E-state index is 11.2. The summed E-state index contributed by atoms with van der Waals surface area (Å²) in [6, 6.07) is 0. The number of nitriles is 1. The van der Waals surface area contributed by atoms with Crippen molar-refractivity contribution in [3.05, 3.63) is 0 Å². The summed E-state index contributed by atoms with van der Waals surface area (Å²) < 4.78 is 0. The van der Waals surface area contributed by atoms with Crippen LogP contribution in [-0.2, 0) is 9.59 Å². The average Bonchev–Trinajstić information content (AvgIpc) is 2.08. The van der Waals surface area contributed by atoms with Gasteiger partial charge in [-0.15, -0.1) is 0 Å². The third kappa shape index (κ3) is 2.47. The monoisotopic (exact) mass is 180 g/mol. The van der Waals surface area contributed by atoms with E-state index in [0.29, 0.717) is 12.9 Å². The van der Waals surface area contributed by atoms with Gasteiger partial charge in [0, 0.05) is 18.8 Å². The summed E-state index contributed by atoms with van der Waals surface area (Å²) >= 11 is 0. The van der Waals surface area contributed by atoms with E-state index in [1.165, 1.54) is 4.90 Å². The molecule has 1 aliphatic heterocycles. The predicted molar refractivity (Wildman–Crippen MR) is 45.2 cm³/mol. The lowest BCUT2D eigenvalue weighted by Gasteiger charge is -2.25. The van der Waals surface area contributed by atoms with Gasteiger partial charge in [-0.2, -0.15) is 0 Å². The minimum Gasteiger partial charge on any atom is -0.480 e. The highest BCUT2D eigenvalue weighted by Gasteiger charge is 2.29. The molecular formula is C7H9BN2O3. The smallest absolute Gasteiger partial charge is 0.323 e. The van der Waals surface area contributed by atoms with Crippen LogP contribution < -0.4 is 0 Å². The Kier molecular flexibility index (Phi) is 2.90. The molecule has 1 saturated heterocycles. The second kappa shape index (κ2) is 3.94. The van der Waals surface area contributed by atoms with Gasteiger partial charge in [0.05, 0.1) is 0 Å². The lowest BCUT2D eigenvalue weighted by molar-refractivity contribution is -0.143. The normalized spacial score (nSPS) is 17.0. The van der Waals surface area contributed by atoms with Crippen LogP contribution in [0.1, 0.15) is 0 Å². The molecule has 0 bridgehead atoms. The van der Waals surface area contributed by atoms with Crippen molar-refractivity contribution in [2.75, 3.05) is 13.1 Å². The van der Waals surface area contributed by atoms with Crippen molar-refractivity contribution >= 4 is 18.6 Å². The number of carbonyl (C=O) groups excluding carboxylic acids is 1. The number of aliphatic carboxylic acids is 1. The molecule has 1 heterocycles. The largest absolute Gasteiger partial charge is 0.480 e. The lowest BCUT2D eigenvalue weighted by atomic mass is 9.45. The first kappa shape index (κ1) is 9.58. The Morgan fingerprint density at radius 1 is 1.77 bits per heavy atom. The zero-order chi connectivity index (χ0) is 9.84. The summed E-state index contributed by atoms with van der Waals surface area (Å²) in [7, 11) is 0.